The second kappa shape index (κ2) is 6.93. The van der Waals surface area contributed by atoms with Crippen LogP contribution in [0.4, 0.5) is 0 Å². The average molecular weight is 314 g/mol. The van der Waals surface area contributed by atoms with E-state index >= 15 is 0 Å². The van der Waals surface area contributed by atoms with Crippen LogP contribution in [0.2, 0.25) is 0 Å². The molecule has 2 rings (SSSR count). The molecule has 0 amide bonds. The monoisotopic (exact) mass is 314 g/mol. The van der Waals surface area contributed by atoms with Crippen molar-refractivity contribution in [2.45, 2.75) is 23.9 Å². The summed E-state index contributed by atoms with van der Waals surface area (Å²) in [6.07, 6.45) is 1.16. The fourth-order valence-corrected chi connectivity index (χ4v) is 4.98. The summed E-state index contributed by atoms with van der Waals surface area (Å²) in [7, 11) is -1.21. The van der Waals surface area contributed by atoms with Crippen LogP contribution < -0.4 is 5.73 Å². The van der Waals surface area contributed by atoms with Crippen LogP contribution in [0, 0.1) is 0 Å². The molecular weight excluding hydrogens is 292 g/mol. The lowest BCUT2D eigenvalue weighted by molar-refractivity contribution is 0.277. The molecule has 1 fully saturated rings. The Morgan fingerprint density at radius 3 is 2.90 bits per heavy atom. The largest absolute Gasteiger partial charge is 0.326 e. The summed E-state index contributed by atoms with van der Waals surface area (Å²) in [6.45, 7) is 0.947. The van der Waals surface area contributed by atoms with Gasteiger partial charge in [-0.15, -0.1) is 0 Å². The lowest BCUT2D eigenvalue weighted by Gasteiger charge is -2.23. The van der Waals surface area contributed by atoms with E-state index in [1.165, 1.54) is 5.75 Å². The summed E-state index contributed by atoms with van der Waals surface area (Å²) >= 11 is 1.94. The zero-order chi connectivity index (χ0) is 14.6. The van der Waals surface area contributed by atoms with Crippen LogP contribution in [0.1, 0.15) is 12.0 Å². The molecule has 1 saturated heterocycles. The first-order valence-electron chi connectivity index (χ1n) is 6.82. The molecule has 0 aromatic heterocycles. The maximum atomic E-state index is 12.3. The van der Waals surface area contributed by atoms with E-state index in [1.807, 2.05) is 24.9 Å². The molecule has 1 aliphatic heterocycles. The van der Waals surface area contributed by atoms with Crippen molar-refractivity contribution in [1.29, 1.82) is 0 Å². The predicted octanol–water partition coefficient (Wildman–Crippen LogP) is 1.36. The molecule has 1 atom stereocenters. The van der Waals surface area contributed by atoms with Crippen LogP contribution in [0.5, 0.6) is 0 Å². The first kappa shape index (κ1) is 15.8. The van der Waals surface area contributed by atoms with Gasteiger partial charge < -0.3 is 10.6 Å². The minimum atomic E-state index is -3.22. The Labute approximate surface area is 125 Å². The maximum Gasteiger partial charge on any atom is 0.179 e. The minimum absolute atomic E-state index is 0.165. The van der Waals surface area contributed by atoms with Gasteiger partial charge in [-0.2, -0.15) is 11.8 Å². The molecule has 0 aliphatic carbocycles. The van der Waals surface area contributed by atoms with Crippen molar-refractivity contribution in [3.63, 3.8) is 0 Å². The number of thioether (sulfide) groups is 1. The van der Waals surface area contributed by atoms with Crippen LogP contribution in [0.25, 0.3) is 0 Å². The highest BCUT2D eigenvalue weighted by molar-refractivity contribution is 7.99. The molecule has 4 nitrogen and oxygen atoms in total. The molecule has 20 heavy (non-hydrogen) atoms. The van der Waals surface area contributed by atoms with Gasteiger partial charge in [0.15, 0.2) is 9.84 Å². The van der Waals surface area contributed by atoms with E-state index in [9.17, 15) is 8.42 Å². The predicted molar refractivity (Wildman–Crippen MR) is 84.7 cm³/mol. The first-order chi connectivity index (χ1) is 9.53. The number of nitrogens with zero attached hydrogens (tertiary/aromatic N) is 1. The molecule has 1 aliphatic rings. The quantitative estimate of drug-likeness (QED) is 0.859. The highest BCUT2D eigenvalue weighted by Crippen LogP contribution is 2.21. The number of benzene rings is 1. The van der Waals surface area contributed by atoms with Gasteiger partial charge in [0.1, 0.15) is 0 Å². The van der Waals surface area contributed by atoms with Crippen molar-refractivity contribution in [2.24, 2.45) is 5.73 Å². The Hall–Kier alpha value is -0.560. The van der Waals surface area contributed by atoms with E-state index < -0.39 is 9.84 Å². The Morgan fingerprint density at radius 2 is 2.25 bits per heavy atom. The number of hydrogen-bond donors (Lipinski definition) is 1. The topological polar surface area (TPSA) is 63.4 Å². The summed E-state index contributed by atoms with van der Waals surface area (Å²) in [5.41, 5.74) is 6.41. The Morgan fingerprint density at radius 1 is 1.45 bits per heavy atom. The highest BCUT2D eigenvalue weighted by atomic mass is 32.2. The summed E-state index contributed by atoms with van der Waals surface area (Å²) in [5.74, 6) is 2.46. The maximum absolute atomic E-state index is 12.3. The van der Waals surface area contributed by atoms with E-state index in [0.29, 0.717) is 24.0 Å². The SMILES string of the molecule is CN(CCS(=O)(=O)c1cccc(CN)c1)C1CCSC1. The van der Waals surface area contributed by atoms with Gasteiger partial charge in [-0.3, -0.25) is 0 Å². The third-order valence-corrected chi connectivity index (χ3v) is 6.57. The van der Waals surface area contributed by atoms with Crippen molar-refractivity contribution < 1.29 is 8.42 Å². The normalized spacial score (nSPS) is 19.6. The molecule has 6 heteroatoms. The Bertz CT molecular complexity index is 540. The van der Waals surface area contributed by atoms with Gasteiger partial charge in [0, 0.05) is 24.9 Å². The molecule has 0 bridgehead atoms. The second-order valence-corrected chi connectivity index (χ2v) is 8.43. The minimum Gasteiger partial charge on any atom is -0.326 e. The molecule has 2 N–H and O–H groups in total. The molecule has 1 aromatic carbocycles. The van der Waals surface area contributed by atoms with Crippen LogP contribution >= 0.6 is 11.8 Å². The van der Waals surface area contributed by atoms with E-state index in [0.717, 1.165) is 17.7 Å². The zero-order valence-electron chi connectivity index (χ0n) is 11.8. The summed E-state index contributed by atoms with van der Waals surface area (Å²) in [5, 5.41) is 0. The Balaban J connectivity index is 1.99. The lowest BCUT2D eigenvalue weighted by Crippen LogP contribution is -2.35. The number of nitrogens with two attached hydrogens (primary N) is 1. The lowest BCUT2D eigenvalue weighted by atomic mass is 10.2. The van der Waals surface area contributed by atoms with Crippen molar-refractivity contribution in [2.75, 3.05) is 30.9 Å². The van der Waals surface area contributed by atoms with Gasteiger partial charge in [0.2, 0.25) is 0 Å². The standard InChI is InChI=1S/C14H22N2O2S2/c1-16(13-5-7-19-11-13)6-8-20(17,18)14-4-2-3-12(9-14)10-15/h2-4,9,13H,5-8,10-11,15H2,1H3. The van der Waals surface area contributed by atoms with Crippen LogP contribution in [-0.2, 0) is 16.4 Å². The second-order valence-electron chi connectivity index (χ2n) is 5.17. The van der Waals surface area contributed by atoms with E-state index in [4.69, 9.17) is 5.73 Å². The first-order valence-corrected chi connectivity index (χ1v) is 9.63. The van der Waals surface area contributed by atoms with Crippen molar-refractivity contribution in [1.82, 2.24) is 4.90 Å². The molecule has 1 aromatic rings. The molecule has 0 spiro atoms. The van der Waals surface area contributed by atoms with Crippen LogP contribution in [0.15, 0.2) is 29.2 Å². The fraction of sp³-hybridized carbons (Fsp3) is 0.571. The van der Waals surface area contributed by atoms with Gasteiger partial charge >= 0.3 is 0 Å². The molecule has 112 valence electrons. The number of rotatable bonds is 6. The van der Waals surface area contributed by atoms with Crippen LogP contribution in [0.3, 0.4) is 0 Å². The third-order valence-electron chi connectivity index (χ3n) is 3.73. The average Bonchev–Trinajstić information content (AvgIpc) is 2.99. The van der Waals surface area contributed by atoms with E-state index in [-0.39, 0.29) is 5.75 Å². The smallest absolute Gasteiger partial charge is 0.179 e. The third kappa shape index (κ3) is 3.97. The number of sulfone groups is 1. The van der Waals surface area contributed by atoms with Gasteiger partial charge in [-0.1, -0.05) is 12.1 Å². The van der Waals surface area contributed by atoms with Crippen molar-refractivity contribution in [3.8, 4) is 0 Å². The fourth-order valence-electron chi connectivity index (χ4n) is 2.30. The molecule has 0 radical (unpaired) electrons. The van der Waals surface area contributed by atoms with Gasteiger partial charge in [0.25, 0.3) is 0 Å². The van der Waals surface area contributed by atoms with Crippen molar-refractivity contribution in [3.05, 3.63) is 29.8 Å². The van der Waals surface area contributed by atoms with Crippen molar-refractivity contribution >= 4 is 21.6 Å². The van der Waals surface area contributed by atoms with Gasteiger partial charge in [-0.05, 0) is 36.9 Å². The van der Waals surface area contributed by atoms with Crippen LogP contribution in [-0.4, -0.2) is 50.2 Å². The summed E-state index contributed by atoms with van der Waals surface area (Å²) < 4.78 is 24.7. The van der Waals surface area contributed by atoms with E-state index in [2.05, 4.69) is 4.90 Å². The summed E-state index contributed by atoms with van der Waals surface area (Å²) in [6, 6.07) is 7.46. The molecule has 1 unspecified atom stereocenters. The molecule has 0 saturated carbocycles. The van der Waals surface area contributed by atoms with E-state index in [1.54, 1.807) is 18.2 Å². The van der Waals surface area contributed by atoms with Gasteiger partial charge in [-0.25, -0.2) is 8.42 Å². The highest BCUT2D eigenvalue weighted by Gasteiger charge is 2.22. The Kier molecular flexibility index (Phi) is 5.49. The van der Waals surface area contributed by atoms with Gasteiger partial charge in [0.05, 0.1) is 10.6 Å². The zero-order valence-corrected chi connectivity index (χ0v) is 13.4. The molecular formula is C14H22N2O2S2. The number of hydrogen-bond acceptors (Lipinski definition) is 5. The summed E-state index contributed by atoms with van der Waals surface area (Å²) in [4.78, 5) is 2.55. The molecule has 1 heterocycles.